The molecule has 38 heavy (non-hydrogen) atoms. The Labute approximate surface area is 214 Å². The standard InChI is InChI=1S/C24H17N13O/c1-38-19-7-3-6-17(29-19)22-32-34-35-36(22)12-18-30-23-20(16-8-9-27-13-28-16)21(31-24(26)37(23)33-18)15-5-2-4-14(10-15)11-25/h2-10,13H,12H2,1H3,(H2,26,31). The first-order chi connectivity index (χ1) is 18.6. The van der Waals surface area contributed by atoms with Gasteiger partial charge in [0.1, 0.15) is 18.6 Å². The van der Waals surface area contributed by atoms with Crippen LogP contribution in [0.15, 0.2) is 61.1 Å². The summed E-state index contributed by atoms with van der Waals surface area (Å²) in [5.74, 6) is 1.34. The van der Waals surface area contributed by atoms with Gasteiger partial charge < -0.3 is 10.5 Å². The fraction of sp³-hybridized carbons (Fsp3) is 0.0833. The van der Waals surface area contributed by atoms with E-state index in [9.17, 15) is 5.26 Å². The fourth-order valence-corrected chi connectivity index (χ4v) is 3.97. The Morgan fingerprint density at radius 3 is 2.76 bits per heavy atom. The van der Waals surface area contributed by atoms with Gasteiger partial charge in [0.05, 0.1) is 35.7 Å². The molecule has 1 aromatic carbocycles. The first-order valence-corrected chi connectivity index (χ1v) is 11.2. The zero-order chi connectivity index (χ0) is 26.1. The van der Waals surface area contributed by atoms with Gasteiger partial charge in [-0.1, -0.05) is 18.2 Å². The quantitative estimate of drug-likeness (QED) is 0.348. The summed E-state index contributed by atoms with van der Waals surface area (Å²) in [6, 6.07) is 16.3. The highest BCUT2D eigenvalue weighted by molar-refractivity contribution is 5.89. The minimum Gasteiger partial charge on any atom is -0.481 e. The van der Waals surface area contributed by atoms with Crippen molar-refractivity contribution >= 4 is 11.6 Å². The van der Waals surface area contributed by atoms with Crippen molar-refractivity contribution in [3.63, 3.8) is 0 Å². The molecular weight excluding hydrogens is 486 g/mol. The van der Waals surface area contributed by atoms with E-state index < -0.39 is 0 Å². The Bertz CT molecular complexity index is 1820. The third-order valence-electron chi connectivity index (χ3n) is 5.64. The highest BCUT2D eigenvalue weighted by atomic mass is 16.5. The van der Waals surface area contributed by atoms with Crippen LogP contribution in [0.4, 0.5) is 5.95 Å². The number of anilines is 1. The molecule has 0 saturated heterocycles. The summed E-state index contributed by atoms with van der Waals surface area (Å²) < 4.78 is 8.19. The van der Waals surface area contributed by atoms with E-state index in [1.165, 1.54) is 22.6 Å². The SMILES string of the molecule is COc1cccc(-c2nnnn2Cc2nc3c(-c4ccncn4)c(-c4cccc(C#N)c4)nc(N)n3n2)n1. The summed E-state index contributed by atoms with van der Waals surface area (Å²) in [6.07, 6.45) is 3.06. The summed E-state index contributed by atoms with van der Waals surface area (Å²) in [5.41, 5.74) is 10.1. The van der Waals surface area contributed by atoms with Crippen molar-refractivity contribution < 1.29 is 4.74 Å². The molecule has 5 aromatic heterocycles. The number of hydrogen-bond acceptors (Lipinski definition) is 12. The number of nitrogens with zero attached hydrogens (tertiary/aromatic N) is 12. The van der Waals surface area contributed by atoms with Crippen LogP contribution in [0, 0.1) is 11.3 Å². The Hall–Kier alpha value is -5.84. The molecule has 6 rings (SSSR count). The second-order valence-corrected chi connectivity index (χ2v) is 7.97. The topological polar surface area (TPSA) is 184 Å². The van der Waals surface area contributed by atoms with E-state index in [1.54, 1.807) is 48.7 Å². The minimum absolute atomic E-state index is 0.111. The van der Waals surface area contributed by atoms with E-state index in [2.05, 4.69) is 46.6 Å². The molecule has 0 bridgehead atoms. The number of pyridine rings is 1. The first-order valence-electron chi connectivity index (χ1n) is 11.2. The number of nitriles is 1. The largest absolute Gasteiger partial charge is 0.481 e. The lowest BCUT2D eigenvalue weighted by Gasteiger charge is -2.11. The third-order valence-corrected chi connectivity index (χ3v) is 5.64. The number of hydrogen-bond donors (Lipinski definition) is 1. The number of ether oxygens (including phenoxy) is 1. The number of benzene rings is 1. The number of tetrazole rings is 1. The zero-order valence-electron chi connectivity index (χ0n) is 19.8. The van der Waals surface area contributed by atoms with Crippen LogP contribution in [0.25, 0.3) is 39.7 Å². The Balaban J connectivity index is 1.50. The maximum atomic E-state index is 9.41. The van der Waals surface area contributed by atoms with Crippen LogP contribution in [0.1, 0.15) is 11.4 Å². The van der Waals surface area contributed by atoms with Gasteiger partial charge in [-0.15, -0.1) is 10.2 Å². The van der Waals surface area contributed by atoms with Gasteiger partial charge in [-0.25, -0.2) is 29.6 Å². The van der Waals surface area contributed by atoms with E-state index in [0.717, 1.165) is 0 Å². The third kappa shape index (κ3) is 3.99. The average molecular weight is 503 g/mol. The molecule has 184 valence electrons. The van der Waals surface area contributed by atoms with E-state index in [1.807, 2.05) is 6.07 Å². The molecule has 5 heterocycles. The van der Waals surface area contributed by atoms with E-state index >= 15 is 0 Å². The van der Waals surface area contributed by atoms with Crippen molar-refractivity contribution in [3.05, 3.63) is 72.4 Å². The van der Waals surface area contributed by atoms with Crippen LogP contribution in [0.5, 0.6) is 5.88 Å². The lowest BCUT2D eigenvalue weighted by Crippen LogP contribution is -2.08. The minimum atomic E-state index is 0.111. The fourth-order valence-electron chi connectivity index (χ4n) is 3.97. The molecule has 6 aromatic rings. The van der Waals surface area contributed by atoms with Crippen molar-refractivity contribution in [2.24, 2.45) is 0 Å². The average Bonchev–Trinajstić information content (AvgIpc) is 3.61. The maximum absolute atomic E-state index is 9.41. The second-order valence-electron chi connectivity index (χ2n) is 7.97. The van der Waals surface area contributed by atoms with Crippen LogP contribution in [-0.4, -0.2) is 61.9 Å². The molecule has 0 aliphatic heterocycles. The molecule has 0 fully saturated rings. The second kappa shape index (κ2) is 9.32. The molecule has 0 atom stereocenters. The van der Waals surface area contributed by atoms with Gasteiger partial charge in [0, 0.05) is 17.8 Å². The summed E-state index contributed by atoms with van der Waals surface area (Å²) in [4.78, 5) is 22.2. The summed E-state index contributed by atoms with van der Waals surface area (Å²) >= 11 is 0. The van der Waals surface area contributed by atoms with Gasteiger partial charge in [-0.2, -0.15) is 9.78 Å². The van der Waals surface area contributed by atoms with Crippen LogP contribution < -0.4 is 10.5 Å². The van der Waals surface area contributed by atoms with Gasteiger partial charge in [-0.3, -0.25) is 0 Å². The van der Waals surface area contributed by atoms with Gasteiger partial charge in [0.25, 0.3) is 0 Å². The number of nitrogens with two attached hydrogens (primary N) is 1. The number of rotatable bonds is 6. The molecule has 14 heteroatoms. The first kappa shape index (κ1) is 22.6. The highest BCUT2D eigenvalue weighted by Gasteiger charge is 2.22. The van der Waals surface area contributed by atoms with Crippen LogP contribution in [0.2, 0.25) is 0 Å². The number of methoxy groups -OCH3 is 1. The monoisotopic (exact) mass is 503 g/mol. The number of nitrogen functional groups attached to an aromatic ring is 1. The number of aromatic nitrogens is 11. The molecule has 0 spiro atoms. The van der Waals surface area contributed by atoms with Gasteiger partial charge in [-0.05, 0) is 34.7 Å². The van der Waals surface area contributed by atoms with Crippen molar-refractivity contribution in [1.29, 1.82) is 5.26 Å². The summed E-state index contributed by atoms with van der Waals surface area (Å²) in [5, 5.41) is 26.0. The van der Waals surface area contributed by atoms with Gasteiger partial charge in [0.2, 0.25) is 17.7 Å². The number of fused-ring (bicyclic) bond motifs is 1. The molecule has 0 aliphatic carbocycles. The van der Waals surface area contributed by atoms with Crippen LogP contribution in [0.3, 0.4) is 0 Å². The predicted octanol–water partition coefficient (Wildman–Crippen LogP) is 1.81. The molecule has 14 nitrogen and oxygen atoms in total. The van der Waals surface area contributed by atoms with Crippen molar-refractivity contribution in [2.45, 2.75) is 6.54 Å². The summed E-state index contributed by atoms with van der Waals surface area (Å²) in [6.45, 7) is 0.130. The van der Waals surface area contributed by atoms with Gasteiger partial charge >= 0.3 is 0 Å². The molecule has 0 amide bonds. The maximum Gasteiger partial charge on any atom is 0.223 e. The normalized spacial score (nSPS) is 10.9. The molecule has 0 saturated carbocycles. The van der Waals surface area contributed by atoms with Crippen molar-refractivity contribution in [2.75, 3.05) is 12.8 Å². The van der Waals surface area contributed by atoms with Crippen LogP contribution in [-0.2, 0) is 6.54 Å². The van der Waals surface area contributed by atoms with Gasteiger partial charge in [0.15, 0.2) is 11.5 Å². The molecule has 0 radical (unpaired) electrons. The van der Waals surface area contributed by atoms with Crippen molar-refractivity contribution in [3.8, 4) is 46.0 Å². The lowest BCUT2D eigenvalue weighted by atomic mass is 10.0. The molecule has 0 aliphatic rings. The smallest absolute Gasteiger partial charge is 0.223 e. The Kier molecular flexibility index (Phi) is 5.54. The molecular formula is C24H17N13O. The Morgan fingerprint density at radius 1 is 1.05 bits per heavy atom. The Morgan fingerprint density at radius 2 is 1.95 bits per heavy atom. The predicted molar refractivity (Wildman–Crippen MR) is 133 cm³/mol. The van der Waals surface area contributed by atoms with Crippen molar-refractivity contribution in [1.82, 2.24) is 54.7 Å². The zero-order valence-corrected chi connectivity index (χ0v) is 19.8. The summed E-state index contributed by atoms with van der Waals surface area (Å²) in [7, 11) is 1.54. The van der Waals surface area contributed by atoms with E-state index in [0.29, 0.717) is 56.9 Å². The lowest BCUT2D eigenvalue weighted by molar-refractivity contribution is 0.398. The molecule has 0 unspecified atom stereocenters. The van der Waals surface area contributed by atoms with E-state index in [4.69, 9.17) is 15.5 Å². The van der Waals surface area contributed by atoms with E-state index in [-0.39, 0.29) is 12.5 Å². The highest BCUT2D eigenvalue weighted by Crippen LogP contribution is 2.34. The molecule has 2 N–H and O–H groups in total. The van der Waals surface area contributed by atoms with Crippen LogP contribution >= 0.6 is 0 Å².